The normalized spacial score (nSPS) is 17.0. The maximum Gasteiger partial charge on any atom is 0.266 e. The van der Waals surface area contributed by atoms with Crippen LogP contribution in [0.4, 0.5) is 15.9 Å². The first-order valence-corrected chi connectivity index (χ1v) is 10.8. The Hall–Kier alpha value is -2.54. The molecule has 1 saturated heterocycles. The van der Waals surface area contributed by atoms with Crippen LogP contribution in [0.5, 0.6) is 0 Å². The molecule has 0 aliphatic carbocycles. The lowest BCUT2D eigenvalue weighted by Gasteiger charge is -2.35. The Labute approximate surface area is 174 Å². The number of carbonyl (C=O) groups is 1. The minimum absolute atomic E-state index is 0.246. The maximum atomic E-state index is 13.8. The lowest BCUT2D eigenvalue weighted by molar-refractivity contribution is 0.103. The number of carbonyl (C=O) groups excluding carboxylic acids is 1. The van der Waals surface area contributed by atoms with Crippen LogP contribution in [0.15, 0.2) is 18.2 Å². The van der Waals surface area contributed by atoms with E-state index >= 15 is 0 Å². The molecule has 3 aromatic rings. The quantitative estimate of drug-likeness (QED) is 0.627. The molecule has 0 bridgehead atoms. The van der Waals surface area contributed by atoms with Gasteiger partial charge in [0, 0.05) is 18.3 Å². The molecule has 1 fully saturated rings. The van der Waals surface area contributed by atoms with Gasteiger partial charge in [-0.05, 0) is 70.2 Å². The van der Waals surface area contributed by atoms with Gasteiger partial charge in [0.1, 0.15) is 22.3 Å². The maximum absolute atomic E-state index is 13.8. The van der Waals surface area contributed by atoms with E-state index in [4.69, 9.17) is 4.98 Å². The molecular weight excluding hydrogens is 387 g/mol. The van der Waals surface area contributed by atoms with E-state index in [-0.39, 0.29) is 11.7 Å². The van der Waals surface area contributed by atoms with Crippen molar-refractivity contribution in [2.24, 2.45) is 0 Å². The number of thiophene rings is 1. The fourth-order valence-electron chi connectivity index (χ4n) is 3.92. The van der Waals surface area contributed by atoms with Crippen molar-refractivity contribution in [1.29, 1.82) is 0 Å². The van der Waals surface area contributed by atoms with E-state index in [2.05, 4.69) is 22.1 Å². The number of halogens is 1. The third kappa shape index (κ3) is 3.71. The summed E-state index contributed by atoms with van der Waals surface area (Å²) in [4.78, 5) is 26.1. The van der Waals surface area contributed by atoms with Crippen molar-refractivity contribution in [2.75, 3.05) is 16.8 Å². The molecule has 1 aromatic carbocycles. The summed E-state index contributed by atoms with van der Waals surface area (Å²) in [5.74, 6) is 1.05. The summed E-state index contributed by atoms with van der Waals surface area (Å²) in [7, 11) is 0. The minimum atomic E-state index is -0.335. The van der Waals surface area contributed by atoms with Crippen LogP contribution in [-0.4, -0.2) is 28.5 Å². The molecule has 152 valence electrons. The number of benzene rings is 1. The van der Waals surface area contributed by atoms with Crippen LogP contribution < -0.4 is 10.2 Å². The van der Waals surface area contributed by atoms with E-state index in [1.807, 2.05) is 13.8 Å². The van der Waals surface area contributed by atoms with Gasteiger partial charge in [-0.2, -0.15) is 0 Å². The number of aryl methyl sites for hydroxylation is 3. The number of nitrogens with zero attached hydrogens (tertiary/aromatic N) is 3. The third-order valence-electron chi connectivity index (χ3n) is 5.59. The highest BCUT2D eigenvalue weighted by Gasteiger charge is 2.26. The van der Waals surface area contributed by atoms with Gasteiger partial charge in [-0.1, -0.05) is 6.07 Å². The molecule has 0 unspecified atom stereocenters. The zero-order valence-corrected chi connectivity index (χ0v) is 18.0. The number of hydrogen-bond acceptors (Lipinski definition) is 5. The second-order valence-electron chi connectivity index (χ2n) is 7.79. The molecule has 0 radical (unpaired) electrons. The molecule has 5 nitrogen and oxygen atoms in total. The van der Waals surface area contributed by atoms with Crippen molar-refractivity contribution in [2.45, 2.75) is 53.0 Å². The molecule has 4 rings (SSSR count). The predicted molar refractivity (Wildman–Crippen MR) is 117 cm³/mol. The van der Waals surface area contributed by atoms with Crippen LogP contribution in [0.1, 0.15) is 52.8 Å². The number of nitrogens with one attached hydrogen (secondary N) is 1. The van der Waals surface area contributed by atoms with Gasteiger partial charge in [0.05, 0.1) is 10.3 Å². The van der Waals surface area contributed by atoms with Crippen LogP contribution in [0.25, 0.3) is 10.2 Å². The second-order valence-corrected chi connectivity index (χ2v) is 8.79. The first kappa shape index (κ1) is 19.8. The number of fused-ring (bicyclic) bond motifs is 1. The van der Waals surface area contributed by atoms with E-state index < -0.39 is 0 Å². The lowest BCUT2D eigenvalue weighted by atomic mass is 10.0. The fraction of sp³-hybridized carbons (Fsp3) is 0.409. The largest absolute Gasteiger partial charge is 0.353 e. The van der Waals surface area contributed by atoms with Gasteiger partial charge in [0.25, 0.3) is 5.91 Å². The van der Waals surface area contributed by atoms with Gasteiger partial charge < -0.3 is 10.2 Å². The average Bonchev–Trinajstić information content (AvgIpc) is 3.01. The molecule has 1 atom stereocenters. The Morgan fingerprint density at radius 2 is 2.03 bits per heavy atom. The van der Waals surface area contributed by atoms with Crippen molar-refractivity contribution >= 4 is 39.0 Å². The van der Waals surface area contributed by atoms with Gasteiger partial charge in [-0.25, -0.2) is 14.4 Å². The average molecular weight is 413 g/mol. The summed E-state index contributed by atoms with van der Waals surface area (Å²) < 4.78 is 13.8. The zero-order valence-electron chi connectivity index (χ0n) is 17.2. The van der Waals surface area contributed by atoms with Gasteiger partial charge in [-0.3, -0.25) is 4.79 Å². The third-order valence-corrected chi connectivity index (χ3v) is 6.78. The molecule has 2 aromatic heterocycles. The predicted octanol–water partition coefficient (Wildman–Crippen LogP) is 5.39. The van der Waals surface area contributed by atoms with E-state index in [9.17, 15) is 9.18 Å². The van der Waals surface area contributed by atoms with Crippen LogP contribution in [-0.2, 0) is 0 Å². The Balaban J connectivity index is 1.74. The molecule has 1 aliphatic heterocycles. The molecule has 1 aliphatic rings. The van der Waals surface area contributed by atoms with E-state index in [0.717, 1.165) is 41.0 Å². The van der Waals surface area contributed by atoms with Crippen LogP contribution in [0.2, 0.25) is 0 Å². The van der Waals surface area contributed by atoms with Crippen molar-refractivity contribution in [1.82, 2.24) is 9.97 Å². The molecule has 7 heteroatoms. The summed E-state index contributed by atoms with van der Waals surface area (Å²) in [5.41, 5.74) is 1.87. The molecule has 3 heterocycles. The monoisotopic (exact) mass is 412 g/mol. The molecule has 1 amide bonds. The van der Waals surface area contributed by atoms with E-state index in [0.29, 0.717) is 28.0 Å². The number of rotatable bonds is 3. The minimum Gasteiger partial charge on any atom is -0.353 e. The summed E-state index contributed by atoms with van der Waals surface area (Å²) in [6.45, 7) is 8.72. The number of anilines is 2. The standard InChI is InChI=1S/C22H25FN4OS/c1-12-8-9-16(11-17(12)23)26-21(28)19-14(3)18-20(24-15(4)25-22(18)29-19)27-10-6-5-7-13(27)2/h8-9,11,13H,5-7,10H2,1-4H3,(H,26,28)/t13-/m0/s1. The molecule has 0 saturated carbocycles. The van der Waals surface area contributed by atoms with Crippen molar-refractivity contribution in [3.8, 4) is 0 Å². The first-order chi connectivity index (χ1) is 13.8. The number of aromatic nitrogens is 2. The van der Waals surface area contributed by atoms with Crippen LogP contribution in [0, 0.1) is 26.6 Å². The van der Waals surface area contributed by atoms with Crippen molar-refractivity contribution in [3.05, 3.63) is 45.8 Å². The Morgan fingerprint density at radius 1 is 1.24 bits per heavy atom. The fourth-order valence-corrected chi connectivity index (χ4v) is 5.03. The summed E-state index contributed by atoms with van der Waals surface area (Å²) in [6, 6.07) is 5.13. The van der Waals surface area contributed by atoms with Gasteiger partial charge in [-0.15, -0.1) is 11.3 Å². The van der Waals surface area contributed by atoms with E-state index in [1.54, 1.807) is 19.1 Å². The highest BCUT2D eigenvalue weighted by atomic mass is 32.1. The Bertz CT molecular complexity index is 1090. The van der Waals surface area contributed by atoms with Crippen LogP contribution >= 0.6 is 11.3 Å². The molecule has 0 spiro atoms. The lowest BCUT2D eigenvalue weighted by Crippen LogP contribution is -2.38. The summed E-state index contributed by atoms with van der Waals surface area (Å²) in [5, 5.41) is 3.77. The molecule has 29 heavy (non-hydrogen) atoms. The summed E-state index contributed by atoms with van der Waals surface area (Å²) in [6.07, 6.45) is 3.51. The van der Waals surface area contributed by atoms with Crippen LogP contribution in [0.3, 0.4) is 0 Å². The van der Waals surface area contributed by atoms with Gasteiger partial charge in [0.2, 0.25) is 0 Å². The highest BCUT2D eigenvalue weighted by molar-refractivity contribution is 7.20. The smallest absolute Gasteiger partial charge is 0.266 e. The second kappa shape index (κ2) is 7.71. The first-order valence-electron chi connectivity index (χ1n) is 9.97. The van der Waals surface area contributed by atoms with Gasteiger partial charge in [0.15, 0.2) is 0 Å². The molecule has 1 N–H and O–H groups in total. The SMILES string of the molecule is Cc1nc(N2CCCC[C@@H]2C)c2c(C)c(C(=O)Nc3ccc(C)c(F)c3)sc2n1. The topological polar surface area (TPSA) is 58.1 Å². The Morgan fingerprint density at radius 3 is 2.76 bits per heavy atom. The summed E-state index contributed by atoms with van der Waals surface area (Å²) >= 11 is 1.37. The van der Waals surface area contributed by atoms with E-state index in [1.165, 1.54) is 23.8 Å². The van der Waals surface area contributed by atoms with Gasteiger partial charge >= 0.3 is 0 Å². The Kier molecular flexibility index (Phi) is 5.25. The number of hydrogen-bond donors (Lipinski definition) is 1. The number of amides is 1. The number of piperidine rings is 1. The highest BCUT2D eigenvalue weighted by Crippen LogP contribution is 2.37. The van der Waals surface area contributed by atoms with Crippen molar-refractivity contribution < 1.29 is 9.18 Å². The van der Waals surface area contributed by atoms with Crippen molar-refractivity contribution in [3.63, 3.8) is 0 Å². The molecular formula is C22H25FN4OS. The zero-order chi connectivity index (χ0) is 20.7.